The number of fused-ring (bicyclic) bond motifs is 1. The van der Waals surface area contributed by atoms with Crippen LogP contribution in [0.4, 0.5) is 5.69 Å². The van der Waals surface area contributed by atoms with Gasteiger partial charge in [0.25, 0.3) is 0 Å². The molecule has 4 rings (SSSR count). The van der Waals surface area contributed by atoms with Crippen LogP contribution in [0.5, 0.6) is 0 Å². The SMILES string of the molecule is Cc1cc(N2CCC(CCCO)CC2)c2c(C)cn(-c3c(Cl)cc(Cl)cc3Cl)c2n1. The quantitative estimate of drug-likeness (QED) is 0.461. The topological polar surface area (TPSA) is 41.3 Å². The maximum Gasteiger partial charge on any atom is 0.147 e. The van der Waals surface area contributed by atoms with E-state index in [9.17, 15) is 0 Å². The van der Waals surface area contributed by atoms with Gasteiger partial charge in [-0.15, -0.1) is 0 Å². The van der Waals surface area contributed by atoms with E-state index >= 15 is 0 Å². The number of hydrogen-bond donors (Lipinski definition) is 1. The molecular formula is C23H26Cl3N3O. The molecule has 0 aliphatic carbocycles. The first-order chi connectivity index (χ1) is 14.4. The van der Waals surface area contributed by atoms with E-state index in [2.05, 4.69) is 24.1 Å². The van der Waals surface area contributed by atoms with E-state index in [1.54, 1.807) is 12.1 Å². The summed E-state index contributed by atoms with van der Waals surface area (Å²) in [6.45, 7) is 6.44. The molecule has 1 fully saturated rings. The molecule has 2 aromatic heterocycles. The second-order valence-electron chi connectivity index (χ2n) is 8.18. The summed E-state index contributed by atoms with van der Waals surface area (Å²) in [5, 5.41) is 11.8. The number of rotatable bonds is 5. The normalized spacial score (nSPS) is 15.3. The highest BCUT2D eigenvalue weighted by Gasteiger charge is 2.24. The lowest BCUT2D eigenvalue weighted by Gasteiger charge is -2.34. The van der Waals surface area contributed by atoms with Crippen LogP contribution in [0.15, 0.2) is 24.4 Å². The van der Waals surface area contributed by atoms with Crippen molar-refractivity contribution in [1.29, 1.82) is 0 Å². The average molecular weight is 467 g/mol. The van der Waals surface area contributed by atoms with Gasteiger partial charge in [0.1, 0.15) is 5.65 Å². The van der Waals surface area contributed by atoms with E-state index in [4.69, 9.17) is 44.9 Å². The van der Waals surface area contributed by atoms with E-state index in [-0.39, 0.29) is 6.61 Å². The molecular weight excluding hydrogens is 441 g/mol. The summed E-state index contributed by atoms with van der Waals surface area (Å²) in [7, 11) is 0. The Kier molecular flexibility index (Phi) is 6.50. The van der Waals surface area contributed by atoms with Gasteiger partial charge in [-0.3, -0.25) is 4.57 Å². The Hall–Kier alpha value is -1.46. The number of aromatic nitrogens is 2. The molecule has 30 heavy (non-hydrogen) atoms. The number of aliphatic hydroxyl groups is 1. The van der Waals surface area contributed by atoms with Crippen LogP contribution in [0, 0.1) is 19.8 Å². The van der Waals surface area contributed by atoms with Crippen LogP contribution in [-0.2, 0) is 0 Å². The molecule has 1 aliphatic rings. The van der Waals surface area contributed by atoms with Gasteiger partial charge in [0, 0.05) is 47.7 Å². The molecule has 7 heteroatoms. The predicted octanol–water partition coefficient (Wildman–Crippen LogP) is 6.59. The third-order valence-corrected chi connectivity index (χ3v) is 6.80. The van der Waals surface area contributed by atoms with Gasteiger partial charge in [-0.25, -0.2) is 4.98 Å². The lowest BCUT2D eigenvalue weighted by atomic mass is 9.92. The second-order valence-corrected chi connectivity index (χ2v) is 9.43. The van der Waals surface area contributed by atoms with Gasteiger partial charge in [-0.1, -0.05) is 34.8 Å². The Labute approximate surface area is 192 Å². The minimum absolute atomic E-state index is 0.285. The minimum atomic E-state index is 0.285. The first kappa shape index (κ1) is 21.8. The van der Waals surface area contributed by atoms with Crippen LogP contribution in [0.1, 0.15) is 36.9 Å². The molecule has 3 heterocycles. The zero-order valence-corrected chi connectivity index (χ0v) is 19.5. The standard InChI is InChI=1S/C23H26Cl3N3O/c1-14-13-29(22-18(25)11-17(24)12-19(22)26)23-21(14)20(10-15(2)27-23)28-7-5-16(6-8-28)4-3-9-30/h10-13,16,30H,3-9H2,1-2H3. The van der Waals surface area contributed by atoms with E-state index in [1.807, 2.05) is 11.5 Å². The number of nitrogens with zero attached hydrogens (tertiary/aromatic N) is 3. The van der Waals surface area contributed by atoms with Crippen molar-refractivity contribution >= 4 is 51.5 Å². The van der Waals surface area contributed by atoms with Crippen molar-refractivity contribution in [3.8, 4) is 5.69 Å². The maximum atomic E-state index is 9.11. The van der Waals surface area contributed by atoms with Crippen molar-refractivity contribution in [1.82, 2.24) is 9.55 Å². The van der Waals surface area contributed by atoms with Crippen LogP contribution in [0.25, 0.3) is 16.7 Å². The summed E-state index contributed by atoms with van der Waals surface area (Å²) in [6.07, 6.45) is 6.36. The van der Waals surface area contributed by atoms with Gasteiger partial charge in [0.2, 0.25) is 0 Å². The predicted molar refractivity (Wildman–Crippen MR) is 127 cm³/mol. The Morgan fingerprint density at radius 2 is 1.73 bits per heavy atom. The first-order valence-corrected chi connectivity index (χ1v) is 11.5. The third kappa shape index (κ3) is 4.16. The highest BCUT2D eigenvalue weighted by Crippen LogP contribution is 2.39. The van der Waals surface area contributed by atoms with E-state index < -0.39 is 0 Å². The van der Waals surface area contributed by atoms with Gasteiger partial charge < -0.3 is 10.0 Å². The number of aliphatic hydroxyl groups excluding tert-OH is 1. The third-order valence-electron chi connectivity index (χ3n) is 6.00. The van der Waals surface area contributed by atoms with Gasteiger partial charge >= 0.3 is 0 Å². The van der Waals surface area contributed by atoms with Crippen LogP contribution >= 0.6 is 34.8 Å². The lowest BCUT2D eigenvalue weighted by molar-refractivity contribution is 0.261. The highest BCUT2D eigenvalue weighted by atomic mass is 35.5. The summed E-state index contributed by atoms with van der Waals surface area (Å²) in [5.41, 5.74) is 4.87. The zero-order valence-electron chi connectivity index (χ0n) is 17.3. The van der Waals surface area contributed by atoms with Crippen molar-refractivity contribution in [2.24, 2.45) is 5.92 Å². The molecule has 0 spiro atoms. The minimum Gasteiger partial charge on any atom is -0.396 e. The molecule has 3 aromatic rings. The summed E-state index contributed by atoms with van der Waals surface area (Å²) in [6, 6.07) is 5.59. The number of hydrogen-bond acceptors (Lipinski definition) is 3. The monoisotopic (exact) mass is 465 g/mol. The van der Waals surface area contributed by atoms with Gasteiger partial charge in [0.05, 0.1) is 15.7 Å². The smallest absolute Gasteiger partial charge is 0.147 e. The number of halogens is 3. The summed E-state index contributed by atoms with van der Waals surface area (Å²) >= 11 is 19.2. The summed E-state index contributed by atoms with van der Waals surface area (Å²) in [4.78, 5) is 7.31. The van der Waals surface area contributed by atoms with Gasteiger partial charge in [0.15, 0.2) is 0 Å². The van der Waals surface area contributed by atoms with Crippen molar-refractivity contribution in [2.75, 3.05) is 24.6 Å². The number of piperidine rings is 1. The molecule has 0 atom stereocenters. The number of anilines is 1. The Bertz CT molecular complexity index is 1050. The first-order valence-electron chi connectivity index (χ1n) is 10.4. The number of pyridine rings is 1. The Morgan fingerprint density at radius 3 is 2.37 bits per heavy atom. The highest BCUT2D eigenvalue weighted by molar-refractivity contribution is 6.40. The fourth-order valence-corrected chi connectivity index (χ4v) is 5.54. The number of benzene rings is 1. The van der Waals surface area contributed by atoms with Crippen LogP contribution in [0.2, 0.25) is 15.1 Å². The molecule has 0 unspecified atom stereocenters. The Morgan fingerprint density at radius 1 is 1.07 bits per heavy atom. The molecule has 0 amide bonds. The fraction of sp³-hybridized carbons (Fsp3) is 0.435. The largest absolute Gasteiger partial charge is 0.396 e. The summed E-state index contributed by atoms with van der Waals surface area (Å²) < 4.78 is 1.98. The molecule has 0 saturated carbocycles. The average Bonchev–Trinajstić information content (AvgIpc) is 3.01. The molecule has 1 aliphatic heterocycles. The van der Waals surface area contributed by atoms with Gasteiger partial charge in [-0.2, -0.15) is 0 Å². The molecule has 4 nitrogen and oxygen atoms in total. The van der Waals surface area contributed by atoms with Crippen LogP contribution < -0.4 is 4.90 Å². The summed E-state index contributed by atoms with van der Waals surface area (Å²) in [5.74, 6) is 0.698. The zero-order chi connectivity index (χ0) is 21.4. The van der Waals surface area contributed by atoms with Crippen LogP contribution in [-0.4, -0.2) is 34.4 Å². The molecule has 1 N–H and O–H groups in total. The fourth-order valence-electron chi connectivity index (χ4n) is 4.54. The van der Waals surface area contributed by atoms with E-state index in [0.717, 1.165) is 61.1 Å². The number of aryl methyl sites for hydroxylation is 2. The maximum absolute atomic E-state index is 9.11. The van der Waals surface area contributed by atoms with Crippen molar-refractivity contribution in [3.05, 3.63) is 50.7 Å². The molecule has 1 saturated heterocycles. The Balaban J connectivity index is 1.76. The van der Waals surface area contributed by atoms with E-state index in [1.165, 1.54) is 5.69 Å². The molecule has 160 valence electrons. The van der Waals surface area contributed by atoms with E-state index in [0.29, 0.717) is 26.7 Å². The van der Waals surface area contributed by atoms with Crippen LogP contribution in [0.3, 0.4) is 0 Å². The van der Waals surface area contributed by atoms with Crippen molar-refractivity contribution in [2.45, 2.75) is 39.5 Å². The van der Waals surface area contributed by atoms with Crippen molar-refractivity contribution < 1.29 is 5.11 Å². The molecule has 1 aromatic carbocycles. The lowest BCUT2D eigenvalue weighted by Crippen LogP contribution is -2.34. The molecule has 0 radical (unpaired) electrons. The molecule has 0 bridgehead atoms. The van der Waals surface area contributed by atoms with Gasteiger partial charge in [-0.05, 0) is 69.2 Å². The van der Waals surface area contributed by atoms with Crippen molar-refractivity contribution in [3.63, 3.8) is 0 Å². The second kappa shape index (κ2) is 8.96.